The molecule has 0 atom stereocenters. The number of carbonyl (C=O) groups is 1. The van der Waals surface area contributed by atoms with Gasteiger partial charge < -0.3 is 19.9 Å². The van der Waals surface area contributed by atoms with E-state index in [4.69, 9.17) is 9.47 Å². The zero-order chi connectivity index (χ0) is 14.0. The molecule has 0 saturated carbocycles. The molecule has 1 heterocycles. The minimum atomic E-state index is -0.824. The Labute approximate surface area is 112 Å². The zero-order valence-corrected chi connectivity index (χ0v) is 11.4. The molecule has 0 bridgehead atoms. The number of carboxylic acids is 1. The van der Waals surface area contributed by atoms with Crippen molar-refractivity contribution in [1.82, 2.24) is 0 Å². The molecule has 1 aromatic rings. The maximum Gasteiger partial charge on any atom is 0.316 e. The molecular formula is C14H19NO4. The maximum absolute atomic E-state index is 11.3. The molecule has 0 amide bonds. The number of hydrogen-bond donors (Lipinski definition) is 2. The fourth-order valence-electron chi connectivity index (χ4n) is 2.27. The molecule has 1 aliphatic heterocycles. The SMILES string of the molecule is COc1c(C)cc(C)cc1NCC1(C(=O)O)COC1. The topological polar surface area (TPSA) is 67.8 Å². The van der Waals surface area contributed by atoms with Crippen LogP contribution in [0.3, 0.4) is 0 Å². The molecule has 0 unspecified atom stereocenters. The van der Waals surface area contributed by atoms with E-state index in [1.165, 1.54) is 0 Å². The number of rotatable bonds is 5. The highest BCUT2D eigenvalue weighted by molar-refractivity contribution is 5.77. The average Bonchev–Trinajstić information content (AvgIpc) is 2.26. The predicted molar refractivity (Wildman–Crippen MR) is 71.8 cm³/mol. The van der Waals surface area contributed by atoms with Crippen molar-refractivity contribution < 1.29 is 19.4 Å². The van der Waals surface area contributed by atoms with Crippen molar-refractivity contribution in [2.24, 2.45) is 5.41 Å². The number of carboxylic acid groups (broad SMARTS) is 1. The lowest BCUT2D eigenvalue weighted by Gasteiger charge is -2.37. The molecule has 1 aliphatic rings. The smallest absolute Gasteiger partial charge is 0.316 e. The van der Waals surface area contributed by atoms with E-state index in [9.17, 15) is 9.90 Å². The van der Waals surface area contributed by atoms with Gasteiger partial charge in [0, 0.05) is 6.54 Å². The predicted octanol–water partition coefficient (Wildman–Crippen LogP) is 1.83. The van der Waals surface area contributed by atoms with Crippen molar-refractivity contribution in [2.75, 3.05) is 32.2 Å². The number of methoxy groups -OCH3 is 1. The fourth-order valence-corrected chi connectivity index (χ4v) is 2.27. The van der Waals surface area contributed by atoms with Gasteiger partial charge in [0.1, 0.15) is 11.2 Å². The minimum absolute atomic E-state index is 0.252. The first kappa shape index (κ1) is 13.7. The van der Waals surface area contributed by atoms with Crippen LogP contribution in [-0.4, -0.2) is 37.9 Å². The molecule has 5 nitrogen and oxygen atoms in total. The highest BCUT2D eigenvalue weighted by Crippen LogP contribution is 2.33. The summed E-state index contributed by atoms with van der Waals surface area (Å²) in [5.74, 6) is -0.0685. The highest BCUT2D eigenvalue weighted by Gasteiger charge is 2.46. The van der Waals surface area contributed by atoms with E-state index in [0.717, 1.165) is 22.6 Å². The van der Waals surface area contributed by atoms with Gasteiger partial charge in [-0.05, 0) is 31.0 Å². The summed E-state index contributed by atoms with van der Waals surface area (Å²) in [6, 6.07) is 3.99. The fraction of sp³-hybridized carbons (Fsp3) is 0.500. The lowest BCUT2D eigenvalue weighted by atomic mass is 9.86. The van der Waals surface area contributed by atoms with E-state index < -0.39 is 11.4 Å². The number of ether oxygens (including phenoxy) is 2. The highest BCUT2D eigenvalue weighted by atomic mass is 16.5. The first-order chi connectivity index (χ1) is 8.98. The van der Waals surface area contributed by atoms with Crippen LogP contribution in [-0.2, 0) is 9.53 Å². The van der Waals surface area contributed by atoms with Crippen molar-refractivity contribution in [3.05, 3.63) is 23.3 Å². The van der Waals surface area contributed by atoms with Crippen molar-refractivity contribution in [3.8, 4) is 5.75 Å². The van der Waals surface area contributed by atoms with Gasteiger partial charge in [-0.3, -0.25) is 4.79 Å². The van der Waals surface area contributed by atoms with Gasteiger partial charge in [0.2, 0.25) is 0 Å². The summed E-state index contributed by atoms with van der Waals surface area (Å²) < 4.78 is 10.4. The third-order valence-electron chi connectivity index (χ3n) is 3.45. The molecule has 1 saturated heterocycles. The Morgan fingerprint density at radius 2 is 2.16 bits per heavy atom. The van der Waals surface area contributed by atoms with Crippen molar-refractivity contribution >= 4 is 11.7 Å². The largest absolute Gasteiger partial charge is 0.494 e. The molecule has 2 N–H and O–H groups in total. The third-order valence-corrected chi connectivity index (χ3v) is 3.45. The summed E-state index contributed by atoms with van der Waals surface area (Å²) in [6.07, 6.45) is 0. The van der Waals surface area contributed by atoms with Gasteiger partial charge in [-0.25, -0.2) is 0 Å². The Balaban J connectivity index is 2.17. The number of hydrogen-bond acceptors (Lipinski definition) is 4. The number of anilines is 1. The van der Waals surface area contributed by atoms with Crippen molar-refractivity contribution in [1.29, 1.82) is 0 Å². The lowest BCUT2D eigenvalue weighted by molar-refractivity contribution is -0.176. The molecule has 1 aromatic carbocycles. The summed E-state index contributed by atoms with van der Waals surface area (Å²) >= 11 is 0. The van der Waals surface area contributed by atoms with Crippen LogP contribution in [0.1, 0.15) is 11.1 Å². The van der Waals surface area contributed by atoms with Gasteiger partial charge in [-0.15, -0.1) is 0 Å². The second-order valence-corrected chi connectivity index (χ2v) is 5.09. The van der Waals surface area contributed by atoms with Crippen LogP contribution in [0.2, 0.25) is 0 Å². The van der Waals surface area contributed by atoms with Crippen LogP contribution in [0.15, 0.2) is 12.1 Å². The summed E-state index contributed by atoms with van der Waals surface area (Å²) in [4.78, 5) is 11.3. The van der Waals surface area contributed by atoms with Gasteiger partial charge in [0.05, 0.1) is 26.0 Å². The second-order valence-electron chi connectivity index (χ2n) is 5.09. The van der Waals surface area contributed by atoms with Gasteiger partial charge in [0.15, 0.2) is 0 Å². The third kappa shape index (κ3) is 2.51. The monoisotopic (exact) mass is 265 g/mol. The Morgan fingerprint density at radius 3 is 2.63 bits per heavy atom. The van der Waals surface area contributed by atoms with E-state index in [0.29, 0.717) is 6.54 Å². The van der Waals surface area contributed by atoms with E-state index >= 15 is 0 Å². The Kier molecular flexibility index (Phi) is 3.66. The number of aliphatic carboxylic acids is 1. The normalized spacial score (nSPS) is 16.6. The maximum atomic E-state index is 11.3. The summed E-state index contributed by atoms with van der Waals surface area (Å²) in [5, 5.41) is 12.4. The molecule has 1 fully saturated rings. The molecule has 5 heteroatoms. The molecular weight excluding hydrogens is 246 g/mol. The van der Waals surface area contributed by atoms with E-state index in [1.807, 2.05) is 26.0 Å². The van der Waals surface area contributed by atoms with Crippen LogP contribution in [0.25, 0.3) is 0 Å². The van der Waals surface area contributed by atoms with Crippen molar-refractivity contribution in [2.45, 2.75) is 13.8 Å². The molecule has 0 aliphatic carbocycles. The quantitative estimate of drug-likeness (QED) is 0.850. The van der Waals surface area contributed by atoms with Crippen LogP contribution < -0.4 is 10.1 Å². The molecule has 0 aromatic heterocycles. The van der Waals surface area contributed by atoms with Gasteiger partial charge in [-0.1, -0.05) is 6.07 Å². The molecule has 0 radical (unpaired) electrons. The van der Waals surface area contributed by atoms with Gasteiger partial charge in [0.25, 0.3) is 0 Å². The van der Waals surface area contributed by atoms with Crippen LogP contribution in [0.4, 0.5) is 5.69 Å². The van der Waals surface area contributed by atoms with Gasteiger partial charge in [-0.2, -0.15) is 0 Å². The number of nitrogens with one attached hydrogen (secondary N) is 1. The minimum Gasteiger partial charge on any atom is -0.494 e. The van der Waals surface area contributed by atoms with E-state index in [1.54, 1.807) is 7.11 Å². The van der Waals surface area contributed by atoms with Crippen LogP contribution in [0.5, 0.6) is 5.75 Å². The first-order valence-corrected chi connectivity index (χ1v) is 6.19. The number of benzene rings is 1. The number of aryl methyl sites for hydroxylation is 2. The summed E-state index contributed by atoms with van der Waals surface area (Å²) in [7, 11) is 1.61. The first-order valence-electron chi connectivity index (χ1n) is 6.19. The second kappa shape index (κ2) is 5.09. The standard InChI is InChI=1S/C14H19NO4/c1-9-4-10(2)12(18-3)11(5-9)15-6-14(13(16)17)7-19-8-14/h4-5,15H,6-8H2,1-3H3,(H,16,17). The van der Waals surface area contributed by atoms with E-state index in [2.05, 4.69) is 5.32 Å². The summed E-state index contributed by atoms with van der Waals surface area (Å²) in [6.45, 7) is 4.81. The lowest BCUT2D eigenvalue weighted by Crippen LogP contribution is -2.53. The Morgan fingerprint density at radius 1 is 1.47 bits per heavy atom. The average molecular weight is 265 g/mol. The van der Waals surface area contributed by atoms with Crippen LogP contribution >= 0.6 is 0 Å². The Bertz CT molecular complexity index is 494. The van der Waals surface area contributed by atoms with Crippen LogP contribution in [0, 0.1) is 19.3 Å². The molecule has 2 rings (SSSR count). The Hall–Kier alpha value is -1.75. The van der Waals surface area contributed by atoms with Crippen molar-refractivity contribution in [3.63, 3.8) is 0 Å². The molecule has 104 valence electrons. The molecule has 0 spiro atoms. The zero-order valence-electron chi connectivity index (χ0n) is 11.4. The van der Waals surface area contributed by atoms with Gasteiger partial charge >= 0.3 is 5.97 Å². The van der Waals surface area contributed by atoms with E-state index in [-0.39, 0.29) is 13.2 Å². The summed E-state index contributed by atoms with van der Waals surface area (Å²) in [5.41, 5.74) is 2.14. The molecule has 19 heavy (non-hydrogen) atoms.